The average molecular weight is 438 g/mol. The minimum absolute atomic E-state index is 0. The van der Waals surface area contributed by atoms with Crippen LogP contribution in [0.1, 0.15) is 37.7 Å². The summed E-state index contributed by atoms with van der Waals surface area (Å²) in [6.07, 6.45) is 0. The van der Waals surface area contributed by atoms with Crippen molar-refractivity contribution in [3.05, 3.63) is 81.9 Å². The molecule has 0 saturated carbocycles. The van der Waals surface area contributed by atoms with Gasteiger partial charge < -0.3 is 0 Å². The molecule has 0 aliphatic heterocycles. The fraction of sp³-hybridized carbons (Fsp3) is 0.250. The molecule has 3 rings (SSSR count). The Balaban J connectivity index is 0. The van der Waals surface area contributed by atoms with Crippen molar-refractivity contribution in [2.24, 2.45) is 0 Å². The van der Waals surface area contributed by atoms with E-state index in [2.05, 4.69) is 90.1 Å². The van der Waals surface area contributed by atoms with Crippen LogP contribution in [0.2, 0.25) is 0 Å². The van der Waals surface area contributed by atoms with Crippen molar-refractivity contribution >= 4 is 23.9 Å². The third-order valence-corrected chi connectivity index (χ3v) is 4.69. The molecule has 5 radical (unpaired) electrons. The number of hydrogen-bond donors (Lipinski definition) is 0. The Kier molecular flexibility index (Phi) is 6.16. The SMILES string of the molecule is Cc1cc(C)c(-c2[c]c(-c3c(C)cc(C)cc3C)ccc2)c(C)c1.[HH].[HH].[HH].[Sn]. The molecule has 0 heterocycles. The summed E-state index contributed by atoms with van der Waals surface area (Å²) in [5.74, 6) is 0. The third-order valence-electron chi connectivity index (χ3n) is 4.69. The second-order valence-corrected chi connectivity index (χ2v) is 7.03. The molecule has 0 saturated heterocycles. The molecule has 131 valence electrons. The smallest absolute Gasteiger partial charge is 0 e. The van der Waals surface area contributed by atoms with Crippen LogP contribution in [0, 0.1) is 47.6 Å². The fourth-order valence-electron chi connectivity index (χ4n) is 3.97. The van der Waals surface area contributed by atoms with Gasteiger partial charge in [-0.15, -0.1) is 0 Å². The van der Waals surface area contributed by atoms with Gasteiger partial charge in [0.15, 0.2) is 0 Å². The van der Waals surface area contributed by atoms with Crippen molar-refractivity contribution in [1.29, 1.82) is 0 Å². The molecular formula is C24H31Sn. The van der Waals surface area contributed by atoms with Gasteiger partial charge >= 0.3 is 0 Å². The van der Waals surface area contributed by atoms with Crippen molar-refractivity contribution in [2.45, 2.75) is 41.5 Å². The van der Waals surface area contributed by atoms with Crippen molar-refractivity contribution in [3.63, 3.8) is 0 Å². The molecule has 0 amide bonds. The summed E-state index contributed by atoms with van der Waals surface area (Å²) in [5, 5.41) is 0. The summed E-state index contributed by atoms with van der Waals surface area (Å²) in [6.45, 7) is 13.1. The van der Waals surface area contributed by atoms with Crippen molar-refractivity contribution in [2.75, 3.05) is 0 Å². The molecule has 1 heteroatoms. The minimum atomic E-state index is 0. The first-order valence-corrected chi connectivity index (χ1v) is 8.55. The first-order valence-electron chi connectivity index (χ1n) is 8.55. The van der Waals surface area contributed by atoms with Crippen LogP contribution in [0.25, 0.3) is 22.3 Å². The monoisotopic (exact) mass is 439 g/mol. The zero-order chi connectivity index (χ0) is 17.4. The maximum atomic E-state index is 3.68. The Bertz CT molecular complexity index is 814. The van der Waals surface area contributed by atoms with Crippen molar-refractivity contribution in [3.8, 4) is 22.3 Å². The third kappa shape index (κ3) is 4.00. The van der Waals surface area contributed by atoms with Crippen LogP contribution in [0.4, 0.5) is 0 Å². The van der Waals surface area contributed by atoms with Crippen LogP contribution in [-0.4, -0.2) is 23.9 Å². The first kappa shape index (κ1) is 19.8. The topological polar surface area (TPSA) is 0 Å². The van der Waals surface area contributed by atoms with Gasteiger partial charge in [0.05, 0.1) is 0 Å². The van der Waals surface area contributed by atoms with E-state index >= 15 is 0 Å². The standard InChI is InChI=1S/C24H25.Sn.3H2/c1-15-10-17(3)23(18(4)11-15)21-8-7-9-22(14-21)24-19(5)12-16(2)13-20(24)6;;;;/h7-13H,1-6H3;;3*1H. The first-order chi connectivity index (χ1) is 11.4. The summed E-state index contributed by atoms with van der Waals surface area (Å²) in [4.78, 5) is 0. The number of hydrogen-bond acceptors (Lipinski definition) is 0. The Labute approximate surface area is 173 Å². The summed E-state index contributed by atoms with van der Waals surface area (Å²) >= 11 is 0. The molecule has 0 bridgehead atoms. The zero-order valence-corrected chi connectivity index (χ0v) is 18.9. The molecule has 0 nitrogen and oxygen atoms in total. The number of benzene rings is 3. The molecule has 0 aliphatic rings. The van der Waals surface area contributed by atoms with E-state index in [1.807, 2.05) is 0 Å². The molecule has 25 heavy (non-hydrogen) atoms. The maximum absolute atomic E-state index is 3.68. The Morgan fingerprint density at radius 1 is 0.600 bits per heavy atom. The van der Waals surface area contributed by atoms with E-state index < -0.39 is 0 Å². The molecule has 0 N–H and O–H groups in total. The number of rotatable bonds is 2. The van der Waals surface area contributed by atoms with Gasteiger partial charge in [-0.05, 0) is 92.1 Å². The van der Waals surface area contributed by atoms with Crippen LogP contribution in [-0.2, 0) is 0 Å². The van der Waals surface area contributed by atoms with Gasteiger partial charge in [0.25, 0.3) is 0 Å². The van der Waals surface area contributed by atoms with E-state index in [0.29, 0.717) is 0 Å². The van der Waals surface area contributed by atoms with Gasteiger partial charge in [-0.25, -0.2) is 0 Å². The van der Waals surface area contributed by atoms with Crippen LogP contribution in [0.15, 0.2) is 42.5 Å². The van der Waals surface area contributed by atoms with E-state index in [4.69, 9.17) is 0 Å². The van der Waals surface area contributed by atoms with Crippen LogP contribution in [0.3, 0.4) is 0 Å². The largest absolute Gasteiger partial charge is 0.0610 e. The van der Waals surface area contributed by atoms with Crippen LogP contribution < -0.4 is 0 Å². The number of aryl methyl sites for hydroxylation is 6. The summed E-state index contributed by atoms with van der Waals surface area (Å²) < 4.78 is 0. The second kappa shape index (κ2) is 7.78. The van der Waals surface area contributed by atoms with E-state index in [9.17, 15) is 0 Å². The van der Waals surface area contributed by atoms with Crippen LogP contribution in [0.5, 0.6) is 0 Å². The molecule has 0 aromatic heterocycles. The van der Waals surface area contributed by atoms with E-state index in [1.165, 1.54) is 55.6 Å². The second-order valence-electron chi connectivity index (χ2n) is 7.03. The van der Waals surface area contributed by atoms with Gasteiger partial charge in [-0.1, -0.05) is 53.6 Å². The summed E-state index contributed by atoms with van der Waals surface area (Å²) in [7, 11) is 0. The maximum Gasteiger partial charge on any atom is 0 e. The minimum Gasteiger partial charge on any atom is -0.0610 e. The normalized spacial score (nSPS) is 10.5. The molecule has 3 aromatic rings. The Morgan fingerprint density at radius 2 is 0.920 bits per heavy atom. The molecule has 0 aliphatic carbocycles. The quantitative estimate of drug-likeness (QED) is 0.377. The zero-order valence-electron chi connectivity index (χ0n) is 16.0. The molecule has 0 atom stereocenters. The van der Waals surface area contributed by atoms with Gasteiger partial charge in [0.1, 0.15) is 0 Å². The summed E-state index contributed by atoms with van der Waals surface area (Å²) in [6, 6.07) is 19.2. The van der Waals surface area contributed by atoms with Crippen molar-refractivity contribution in [1.82, 2.24) is 0 Å². The molecule has 3 aromatic carbocycles. The van der Waals surface area contributed by atoms with E-state index in [1.54, 1.807) is 0 Å². The Hall–Kier alpha value is -1.54. The molecule has 0 spiro atoms. The van der Waals surface area contributed by atoms with E-state index in [-0.39, 0.29) is 28.2 Å². The fourth-order valence-corrected chi connectivity index (χ4v) is 3.97. The molecule has 0 unspecified atom stereocenters. The Morgan fingerprint density at radius 3 is 1.24 bits per heavy atom. The van der Waals surface area contributed by atoms with Gasteiger partial charge in [0, 0.05) is 28.2 Å². The van der Waals surface area contributed by atoms with Gasteiger partial charge in [-0.2, -0.15) is 0 Å². The summed E-state index contributed by atoms with van der Waals surface area (Å²) in [5.41, 5.74) is 12.9. The van der Waals surface area contributed by atoms with Crippen molar-refractivity contribution < 1.29 is 4.28 Å². The predicted octanol–water partition coefficient (Wildman–Crippen LogP) is 7.03. The van der Waals surface area contributed by atoms with Crippen LogP contribution >= 0.6 is 0 Å². The van der Waals surface area contributed by atoms with Gasteiger partial charge in [-0.3, -0.25) is 0 Å². The average Bonchev–Trinajstić information content (AvgIpc) is 2.45. The van der Waals surface area contributed by atoms with E-state index in [0.717, 1.165) is 0 Å². The predicted molar refractivity (Wildman–Crippen MR) is 117 cm³/mol. The van der Waals surface area contributed by atoms with Gasteiger partial charge in [0.2, 0.25) is 0 Å². The molecule has 0 fully saturated rings. The molecular weight excluding hydrogens is 407 g/mol.